The second kappa shape index (κ2) is 10.3. The SMILES string of the molecule is Cc1ccc(NC(=O)[C@@H]2CCN(CC(=O)N3C[C@@H]4C[C@H]3CN4c3ccc(-c4ncccn4)cc3)C2)cc1Cl. The quantitative estimate of drug-likeness (QED) is 0.521. The first-order valence-electron chi connectivity index (χ1n) is 13.2. The average molecular weight is 531 g/mol. The molecule has 1 N–H and O–H groups in total. The fourth-order valence-corrected chi connectivity index (χ4v) is 6.11. The van der Waals surface area contributed by atoms with E-state index in [0.717, 1.165) is 49.4 Å². The molecule has 4 heterocycles. The molecule has 3 aromatic rings. The van der Waals surface area contributed by atoms with Gasteiger partial charge < -0.3 is 15.1 Å². The second-order valence-corrected chi connectivity index (χ2v) is 10.9. The minimum Gasteiger partial charge on any atom is -0.365 e. The summed E-state index contributed by atoms with van der Waals surface area (Å²) in [6.07, 6.45) is 5.25. The third-order valence-corrected chi connectivity index (χ3v) is 8.43. The van der Waals surface area contributed by atoms with Crippen molar-refractivity contribution in [2.75, 3.05) is 42.9 Å². The van der Waals surface area contributed by atoms with Crippen molar-refractivity contribution in [3.8, 4) is 11.4 Å². The Balaban J connectivity index is 1.00. The number of aromatic nitrogens is 2. The van der Waals surface area contributed by atoms with Gasteiger partial charge in [0.2, 0.25) is 11.8 Å². The Morgan fingerprint density at radius 2 is 1.82 bits per heavy atom. The Morgan fingerprint density at radius 3 is 2.53 bits per heavy atom. The van der Waals surface area contributed by atoms with E-state index in [-0.39, 0.29) is 23.8 Å². The lowest BCUT2D eigenvalue weighted by Gasteiger charge is -2.36. The predicted octanol–water partition coefficient (Wildman–Crippen LogP) is 3.86. The standard InChI is InChI=1S/C29H31ClN6O2/c1-19-3-6-22(13-26(19)30)33-29(38)21-9-12-34(15-21)18-27(37)36-17-24-14-25(36)16-35(24)23-7-4-20(5-8-23)28-31-10-2-11-32-28/h2-8,10-11,13,21,24-25H,9,12,14-18H2,1H3,(H,33,38)/t21-,24+,25+/m1/s1. The zero-order valence-corrected chi connectivity index (χ0v) is 22.1. The highest BCUT2D eigenvalue weighted by atomic mass is 35.5. The van der Waals surface area contributed by atoms with E-state index >= 15 is 0 Å². The molecule has 3 fully saturated rings. The number of rotatable bonds is 6. The highest BCUT2D eigenvalue weighted by molar-refractivity contribution is 6.31. The first-order valence-corrected chi connectivity index (χ1v) is 13.6. The number of amides is 2. The molecular weight excluding hydrogens is 500 g/mol. The van der Waals surface area contributed by atoms with Crippen LogP contribution in [0.5, 0.6) is 0 Å². The number of likely N-dealkylation sites (tertiary alicyclic amines) is 2. The number of hydrogen-bond donors (Lipinski definition) is 1. The molecule has 3 aliphatic rings. The van der Waals surface area contributed by atoms with E-state index < -0.39 is 0 Å². The highest BCUT2D eigenvalue weighted by Gasteiger charge is 2.45. The molecule has 0 spiro atoms. The summed E-state index contributed by atoms with van der Waals surface area (Å²) in [6, 6.07) is 16.3. The third kappa shape index (κ3) is 4.98. The number of halogens is 1. The van der Waals surface area contributed by atoms with Crippen molar-refractivity contribution in [2.45, 2.75) is 31.8 Å². The van der Waals surface area contributed by atoms with Gasteiger partial charge in [0.05, 0.1) is 18.5 Å². The maximum atomic E-state index is 13.2. The van der Waals surface area contributed by atoms with Gasteiger partial charge in [0.15, 0.2) is 5.82 Å². The van der Waals surface area contributed by atoms with Crippen molar-refractivity contribution >= 4 is 34.8 Å². The van der Waals surface area contributed by atoms with Crippen molar-refractivity contribution in [1.29, 1.82) is 0 Å². The third-order valence-electron chi connectivity index (χ3n) is 8.03. The van der Waals surface area contributed by atoms with Gasteiger partial charge in [0.25, 0.3) is 0 Å². The van der Waals surface area contributed by atoms with Crippen LogP contribution in [0.1, 0.15) is 18.4 Å². The summed E-state index contributed by atoms with van der Waals surface area (Å²) < 4.78 is 0. The maximum Gasteiger partial charge on any atom is 0.237 e. The van der Waals surface area contributed by atoms with Crippen molar-refractivity contribution in [1.82, 2.24) is 19.8 Å². The van der Waals surface area contributed by atoms with Crippen LogP contribution < -0.4 is 10.2 Å². The van der Waals surface area contributed by atoms with E-state index in [1.807, 2.05) is 25.1 Å². The molecule has 9 heteroatoms. The molecular formula is C29H31ClN6O2. The monoisotopic (exact) mass is 530 g/mol. The number of nitrogens with one attached hydrogen (secondary N) is 1. The molecule has 38 heavy (non-hydrogen) atoms. The summed E-state index contributed by atoms with van der Waals surface area (Å²) in [6.45, 7) is 5.26. The van der Waals surface area contributed by atoms with E-state index in [2.05, 4.69) is 54.2 Å². The number of anilines is 2. The zero-order valence-electron chi connectivity index (χ0n) is 21.4. The Hall–Kier alpha value is -3.49. The molecule has 3 atom stereocenters. The summed E-state index contributed by atoms with van der Waals surface area (Å²) in [5, 5.41) is 3.62. The number of carbonyl (C=O) groups is 2. The topological polar surface area (TPSA) is 81.7 Å². The van der Waals surface area contributed by atoms with Gasteiger partial charge in [-0.2, -0.15) is 0 Å². The van der Waals surface area contributed by atoms with Gasteiger partial charge in [0, 0.05) is 60.0 Å². The summed E-state index contributed by atoms with van der Waals surface area (Å²) in [5.41, 5.74) is 3.86. The van der Waals surface area contributed by atoms with E-state index in [0.29, 0.717) is 29.8 Å². The minimum absolute atomic E-state index is 0.0133. The molecule has 2 bridgehead atoms. The predicted molar refractivity (Wildman–Crippen MR) is 148 cm³/mol. The average Bonchev–Trinajstić information content (AvgIpc) is 3.68. The molecule has 3 saturated heterocycles. The van der Waals surface area contributed by atoms with Crippen LogP contribution in [0.2, 0.25) is 5.02 Å². The van der Waals surface area contributed by atoms with Crippen molar-refractivity contribution in [2.24, 2.45) is 5.92 Å². The Labute approximate surface area is 227 Å². The van der Waals surface area contributed by atoms with Crippen LogP contribution >= 0.6 is 11.6 Å². The van der Waals surface area contributed by atoms with Crippen LogP contribution in [0.15, 0.2) is 60.9 Å². The molecule has 0 saturated carbocycles. The molecule has 3 aliphatic heterocycles. The summed E-state index contributed by atoms with van der Waals surface area (Å²) >= 11 is 6.19. The number of carbonyl (C=O) groups excluding carboxylic acids is 2. The molecule has 0 unspecified atom stereocenters. The van der Waals surface area contributed by atoms with E-state index in [9.17, 15) is 9.59 Å². The van der Waals surface area contributed by atoms with E-state index in [4.69, 9.17) is 11.6 Å². The lowest BCUT2D eigenvalue weighted by Crippen LogP contribution is -2.51. The minimum atomic E-state index is -0.127. The van der Waals surface area contributed by atoms with Crippen LogP contribution in [-0.4, -0.2) is 76.4 Å². The largest absolute Gasteiger partial charge is 0.365 e. The number of benzene rings is 2. The highest BCUT2D eigenvalue weighted by Crippen LogP contribution is 2.35. The van der Waals surface area contributed by atoms with Gasteiger partial charge in [-0.25, -0.2) is 9.97 Å². The van der Waals surface area contributed by atoms with Crippen LogP contribution in [0.25, 0.3) is 11.4 Å². The Morgan fingerprint density at radius 1 is 1.03 bits per heavy atom. The van der Waals surface area contributed by atoms with Gasteiger partial charge in [-0.3, -0.25) is 14.5 Å². The fraction of sp³-hybridized carbons (Fsp3) is 0.379. The lowest BCUT2D eigenvalue weighted by atomic mass is 10.1. The van der Waals surface area contributed by atoms with E-state index in [1.165, 1.54) is 5.69 Å². The van der Waals surface area contributed by atoms with Gasteiger partial charge in [-0.05, 0) is 74.3 Å². The van der Waals surface area contributed by atoms with E-state index in [1.54, 1.807) is 18.5 Å². The Kier molecular flexibility index (Phi) is 6.76. The number of hydrogen-bond acceptors (Lipinski definition) is 6. The summed E-state index contributed by atoms with van der Waals surface area (Å²) in [4.78, 5) is 41.2. The van der Waals surface area contributed by atoms with Crippen LogP contribution in [-0.2, 0) is 9.59 Å². The molecule has 2 aromatic carbocycles. The molecule has 0 radical (unpaired) electrons. The smallest absolute Gasteiger partial charge is 0.237 e. The summed E-state index contributed by atoms with van der Waals surface area (Å²) in [7, 11) is 0. The summed E-state index contributed by atoms with van der Waals surface area (Å²) in [5.74, 6) is 0.748. The van der Waals surface area contributed by atoms with Crippen LogP contribution in [0.3, 0.4) is 0 Å². The number of aryl methyl sites for hydroxylation is 1. The number of fused-ring (bicyclic) bond motifs is 2. The molecule has 0 aliphatic carbocycles. The molecule has 8 nitrogen and oxygen atoms in total. The molecule has 196 valence electrons. The maximum absolute atomic E-state index is 13.2. The van der Waals surface area contributed by atoms with Crippen LogP contribution in [0, 0.1) is 12.8 Å². The Bertz CT molecular complexity index is 1330. The lowest BCUT2D eigenvalue weighted by molar-refractivity contribution is -0.133. The first-order chi connectivity index (χ1) is 18.4. The van der Waals surface area contributed by atoms with Crippen LogP contribution in [0.4, 0.5) is 11.4 Å². The van der Waals surface area contributed by atoms with Crippen molar-refractivity contribution in [3.63, 3.8) is 0 Å². The molecule has 6 rings (SSSR count). The van der Waals surface area contributed by atoms with Gasteiger partial charge in [0.1, 0.15) is 0 Å². The zero-order chi connectivity index (χ0) is 26.2. The fourth-order valence-electron chi connectivity index (χ4n) is 5.93. The van der Waals surface area contributed by atoms with Gasteiger partial charge >= 0.3 is 0 Å². The van der Waals surface area contributed by atoms with Crippen molar-refractivity contribution < 1.29 is 9.59 Å². The normalized spacial score (nSPS) is 22.7. The number of piperazine rings is 1. The molecule has 2 amide bonds. The van der Waals surface area contributed by atoms with Crippen molar-refractivity contribution in [3.05, 3.63) is 71.5 Å². The second-order valence-electron chi connectivity index (χ2n) is 10.5. The van der Waals surface area contributed by atoms with Gasteiger partial charge in [-0.15, -0.1) is 0 Å². The number of nitrogens with zero attached hydrogens (tertiary/aromatic N) is 5. The molecule has 1 aromatic heterocycles. The van der Waals surface area contributed by atoms with Gasteiger partial charge in [-0.1, -0.05) is 17.7 Å². The first kappa shape index (κ1) is 24.8.